The van der Waals surface area contributed by atoms with E-state index in [-0.39, 0.29) is 11.5 Å². The minimum Gasteiger partial charge on any atom is -0.369 e. The maximum atomic E-state index is 13.8. The van der Waals surface area contributed by atoms with Gasteiger partial charge < -0.3 is 5.73 Å². The lowest BCUT2D eigenvalue weighted by Crippen LogP contribution is -2.04. The van der Waals surface area contributed by atoms with Crippen molar-refractivity contribution < 1.29 is 4.39 Å². The molecule has 0 aliphatic heterocycles. The van der Waals surface area contributed by atoms with E-state index < -0.39 is 5.82 Å². The van der Waals surface area contributed by atoms with Crippen molar-refractivity contribution in [2.45, 2.75) is 6.92 Å². The molecule has 0 saturated carbocycles. The fourth-order valence-electron chi connectivity index (χ4n) is 2.27. The third-order valence-corrected chi connectivity index (χ3v) is 3.18. The maximum Gasteiger partial charge on any atom is 0.205 e. The summed E-state index contributed by atoms with van der Waals surface area (Å²) in [5.41, 5.74) is 8.79. The van der Waals surface area contributed by atoms with Crippen LogP contribution in [0, 0.1) is 24.1 Å². The molecule has 0 radical (unpaired) electrons. The van der Waals surface area contributed by atoms with Gasteiger partial charge in [-0.3, -0.25) is 4.57 Å². The fourth-order valence-corrected chi connectivity index (χ4v) is 2.27. The highest BCUT2D eigenvalue weighted by Crippen LogP contribution is 2.26. The molecule has 0 aliphatic rings. The van der Waals surface area contributed by atoms with E-state index in [4.69, 9.17) is 11.0 Å². The molecule has 3 aromatic rings. The van der Waals surface area contributed by atoms with Crippen LogP contribution in [0.3, 0.4) is 0 Å². The first kappa shape index (κ1) is 12.2. The molecule has 3 rings (SSSR count). The average molecular weight is 266 g/mol. The predicted octanol–water partition coefficient (Wildman–Crippen LogP) is 2.93. The molecule has 98 valence electrons. The standard InChI is InChI=1S/C15H11FN4/c1-9-5-6-12-14(7-9)20(15(18)19-12)13-4-2-3-11(16)10(13)8-17/h2-7H,1H3,(H2,18,19). The van der Waals surface area contributed by atoms with Gasteiger partial charge in [0.2, 0.25) is 5.95 Å². The Hall–Kier alpha value is -2.87. The van der Waals surface area contributed by atoms with Crippen molar-refractivity contribution in [3.05, 3.63) is 53.3 Å². The molecule has 0 amide bonds. The van der Waals surface area contributed by atoms with Crippen LogP contribution in [0.5, 0.6) is 0 Å². The van der Waals surface area contributed by atoms with Gasteiger partial charge in [-0.1, -0.05) is 12.1 Å². The van der Waals surface area contributed by atoms with Crippen molar-refractivity contribution >= 4 is 17.0 Å². The first-order chi connectivity index (χ1) is 9.61. The highest BCUT2D eigenvalue weighted by molar-refractivity contribution is 5.82. The molecule has 0 unspecified atom stereocenters. The molecule has 5 heteroatoms. The number of anilines is 1. The third kappa shape index (κ3) is 1.70. The maximum absolute atomic E-state index is 13.8. The number of aromatic nitrogens is 2. The second kappa shape index (κ2) is 4.35. The zero-order chi connectivity index (χ0) is 14.3. The molecule has 0 saturated heterocycles. The first-order valence-electron chi connectivity index (χ1n) is 6.05. The highest BCUT2D eigenvalue weighted by atomic mass is 19.1. The summed E-state index contributed by atoms with van der Waals surface area (Å²) in [6, 6.07) is 12.0. The summed E-state index contributed by atoms with van der Waals surface area (Å²) in [4.78, 5) is 4.24. The topological polar surface area (TPSA) is 67.6 Å². The summed E-state index contributed by atoms with van der Waals surface area (Å²) in [6.45, 7) is 1.95. The van der Waals surface area contributed by atoms with Crippen molar-refractivity contribution in [1.29, 1.82) is 5.26 Å². The van der Waals surface area contributed by atoms with Crippen LogP contribution in [0.4, 0.5) is 10.3 Å². The summed E-state index contributed by atoms with van der Waals surface area (Å²) in [6.07, 6.45) is 0. The summed E-state index contributed by atoms with van der Waals surface area (Å²) in [7, 11) is 0. The van der Waals surface area contributed by atoms with Gasteiger partial charge in [0.15, 0.2) is 0 Å². The number of rotatable bonds is 1. The van der Waals surface area contributed by atoms with Crippen molar-refractivity contribution in [3.63, 3.8) is 0 Å². The smallest absolute Gasteiger partial charge is 0.205 e. The first-order valence-corrected chi connectivity index (χ1v) is 6.05. The summed E-state index contributed by atoms with van der Waals surface area (Å²) >= 11 is 0. The molecule has 0 spiro atoms. The number of nitriles is 1. The number of aryl methyl sites for hydroxylation is 1. The predicted molar refractivity (Wildman–Crippen MR) is 74.9 cm³/mol. The molecule has 1 aromatic heterocycles. The average Bonchev–Trinajstić information content (AvgIpc) is 2.73. The van der Waals surface area contributed by atoms with Crippen LogP contribution < -0.4 is 5.73 Å². The van der Waals surface area contributed by atoms with Gasteiger partial charge in [0.25, 0.3) is 0 Å². The van der Waals surface area contributed by atoms with Crippen LogP contribution in [0.15, 0.2) is 36.4 Å². The Morgan fingerprint density at radius 3 is 2.85 bits per heavy atom. The number of hydrogen-bond donors (Lipinski definition) is 1. The molecular formula is C15H11FN4. The van der Waals surface area contributed by atoms with Crippen molar-refractivity contribution in [3.8, 4) is 11.8 Å². The number of hydrogen-bond acceptors (Lipinski definition) is 3. The Morgan fingerprint density at radius 2 is 2.10 bits per heavy atom. The summed E-state index contributed by atoms with van der Waals surface area (Å²) in [5.74, 6) is -0.341. The number of benzene rings is 2. The van der Waals surface area contributed by atoms with E-state index in [1.807, 2.05) is 31.2 Å². The van der Waals surface area contributed by atoms with E-state index >= 15 is 0 Å². The SMILES string of the molecule is Cc1ccc2nc(N)n(-c3cccc(F)c3C#N)c2c1. The Bertz CT molecular complexity index is 858. The van der Waals surface area contributed by atoms with E-state index in [1.54, 1.807) is 16.7 Å². The molecule has 1 heterocycles. The number of nitrogens with zero attached hydrogens (tertiary/aromatic N) is 3. The zero-order valence-electron chi connectivity index (χ0n) is 10.8. The minimum atomic E-state index is -0.570. The number of nitrogens with two attached hydrogens (primary N) is 1. The van der Waals surface area contributed by atoms with Crippen LogP contribution >= 0.6 is 0 Å². The molecule has 2 aromatic carbocycles. The normalized spacial score (nSPS) is 10.7. The van der Waals surface area contributed by atoms with Crippen molar-refractivity contribution in [2.24, 2.45) is 0 Å². The van der Waals surface area contributed by atoms with Gasteiger partial charge in [-0.2, -0.15) is 5.26 Å². The number of fused-ring (bicyclic) bond motifs is 1. The second-order valence-electron chi connectivity index (χ2n) is 4.54. The Labute approximate surface area is 114 Å². The van der Waals surface area contributed by atoms with E-state index in [0.29, 0.717) is 11.2 Å². The number of nitrogen functional groups attached to an aromatic ring is 1. The largest absolute Gasteiger partial charge is 0.369 e. The molecule has 0 aliphatic carbocycles. The quantitative estimate of drug-likeness (QED) is 0.736. The Balaban J connectivity index is 2.41. The van der Waals surface area contributed by atoms with Gasteiger partial charge in [0.05, 0.1) is 16.7 Å². The lowest BCUT2D eigenvalue weighted by atomic mass is 10.1. The van der Waals surface area contributed by atoms with Gasteiger partial charge in [-0.15, -0.1) is 0 Å². The number of imidazole rings is 1. The zero-order valence-corrected chi connectivity index (χ0v) is 10.8. The van der Waals surface area contributed by atoms with E-state index in [9.17, 15) is 4.39 Å². The minimum absolute atomic E-state index is 0.0417. The van der Waals surface area contributed by atoms with Crippen molar-refractivity contribution in [2.75, 3.05) is 5.73 Å². The van der Waals surface area contributed by atoms with Gasteiger partial charge >= 0.3 is 0 Å². The van der Waals surface area contributed by atoms with E-state index in [2.05, 4.69) is 4.98 Å². The lowest BCUT2D eigenvalue weighted by Gasteiger charge is -2.09. The van der Waals surface area contributed by atoms with Gasteiger partial charge in [-0.05, 0) is 36.8 Å². The summed E-state index contributed by atoms with van der Waals surface area (Å²) < 4.78 is 15.4. The Morgan fingerprint density at radius 1 is 1.30 bits per heavy atom. The van der Waals surface area contributed by atoms with E-state index in [0.717, 1.165) is 11.1 Å². The fraction of sp³-hybridized carbons (Fsp3) is 0.0667. The number of halogens is 1. The highest BCUT2D eigenvalue weighted by Gasteiger charge is 2.15. The van der Waals surface area contributed by atoms with Crippen LogP contribution in [-0.4, -0.2) is 9.55 Å². The molecule has 4 nitrogen and oxygen atoms in total. The monoisotopic (exact) mass is 266 g/mol. The van der Waals surface area contributed by atoms with Crippen LogP contribution in [-0.2, 0) is 0 Å². The van der Waals surface area contributed by atoms with Crippen LogP contribution in [0.2, 0.25) is 0 Å². The van der Waals surface area contributed by atoms with E-state index in [1.165, 1.54) is 6.07 Å². The lowest BCUT2D eigenvalue weighted by molar-refractivity contribution is 0.623. The molecule has 0 atom stereocenters. The second-order valence-corrected chi connectivity index (χ2v) is 4.54. The molecule has 0 fully saturated rings. The molecule has 2 N–H and O–H groups in total. The van der Waals surface area contributed by atoms with Crippen LogP contribution in [0.1, 0.15) is 11.1 Å². The molecule has 0 bridgehead atoms. The summed E-state index contributed by atoms with van der Waals surface area (Å²) in [5, 5.41) is 9.15. The van der Waals surface area contributed by atoms with Crippen molar-refractivity contribution in [1.82, 2.24) is 9.55 Å². The van der Waals surface area contributed by atoms with Gasteiger partial charge in [0, 0.05) is 0 Å². The third-order valence-electron chi connectivity index (χ3n) is 3.18. The van der Waals surface area contributed by atoms with Crippen LogP contribution in [0.25, 0.3) is 16.7 Å². The molecular weight excluding hydrogens is 255 g/mol. The van der Waals surface area contributed by atoms with Gasteiger partial charge in [0.1, 0.15) is 17.4 Å². The Kier molecular flexibility index (Phi) is 2.65. The molecule has 20 heavy (non-hydrogen) atoms. The van der Waals surface area contributed by atoms with Gasteiger partial charge in [-0.25, -0.2) is 9.37 Å².